The largest absolute Gasteiger partial charge is 0.356 e. The molecule has 2 rings (SSSR count). The highest BCUT2D eigenvalue weighted by Gasteiger charge is 2.22. The van der Waals surface area contributed by atoms with Gasteiger partial charge in [0.05, 0.1) is 6.04 Å². The Morgan fingerprint density at radius 1 is 1.47 bits per heavy atom. The minimum absolute atomic E-state index is 0.0630. The van der Waals surface area contributed by atoms with E-state index in [0.29, 0.717) is 0 Å². The zero-order valence-corrected chi connectivity index (χ0v) is 11.6. The van der Waals surface area contributed by atoms with Gasteiger partial charge in [-0.2, -0.15) is 0 Å². The smallest absolute Gasteiger partial charge is 0.236 e. The summed E-state index contributed by atoms with van der Waals surface area (Å²) in [6.07, 6.45) is 3.77. The number of nitrogens with two attached hydrogens (primary N) is 1. The van der Waals surface area contributed by atoms with Gasteiger partial charge in [0.15, 0.2) is 0 Å². The third-order valence-corrected chi connectivity index (χ3v) is 3.47. The molecule has 1 atom stereocenters. The maximum Gasteiger partial charge on any atom is 0.236 e. The number of amides is 1. The fourth-order valence-corrected chi connectivity index (χ4v) is 2.23. The second-order valence-corrected chi connectivity index (χ2v) is 5.25. The summed E-state index contributed by atoms with van der Waals surface area (Å²) >= 11 is 0. The molecule has 5 heteroatoms. The van der Waals surface area contributed by atoms with Gasteiger partial charge < -0.3 is 16.0 Å². The standard InChI is InChI=1S/C14H22N4O/c1-10-3-4-13(16-9-10)18-7-5-12(6-8-18)17-14(19)11(2)15/h3-4,9,11-12H,5-8,15H2,1-2H3,(H,17,19)/t11-/m1/s1. The molecule has 0 aromatic carbocycles. The average molecular weight is 262 g/mol. The summed E-state index contributed by atoms with van der Waals surface area (Å²) in [4.78, 5) is 18.2. The first-order chi connectivity index (χ1) is 9.06. The normalized spacial score (nSPS) is 18.2. The number of hydrogen-bond donors (Lipinski definition) is 2. The van der Waals surface area contributed by atoms with Crippen LogP contribution in [0.4, 0.5) is 5.82 Å². The highest BCUT2D eigenvalue weighted by atomic mass is 16.2. The number of piperidine rings is 1. The Morgan fingerprint density at radius 3 is 2.68 bits per heavy atom. The average Bonchev–Trinajstić information content (AvgIpc) is 2.40. The molecule has 1 saturated heterocycles. The first-order valence-corrected chi connectivity index (χ1v) is 6.80. The molecule has 0 unspecified atom stereocenters. The Morgan fingerprint density at radius 2 is 2.16 bits per heavy atom. The van der Waals surface area contributed by atoms with Gasteiger partial charge in [-0.15, -0.1) is 0 Å². The number of nitrogens with zero attached hydrogens (tertiary/aromatic N) is 2. The third kappa shape index (κ3) is 3.67. The van der Waals surface area contributed by atoms with E-state index in [-0.39, 0.29) is 11.9 Å². The molecular formula is C14H22N4O. The summed E-state index contributed by atoms with van der Waals surface area (Å²) in [7, 11) is 0. The molecule has 0 radical (unpaired) electrons. The molecule has 19 heavy (non-hydrogen) atoms. The van der Waals surface area contributed by atoms with E-state index in [0.717, 1.165) is 31.7 Å². The lowest BCUT2D eigenvalue weighted by atomic mass is 10.0. The fraction of sp³-hybridized carbons (Fsp3) is 0.571. The molecule has 1 aliphatic heterocycles. The molecule has 2 heterocycles. The van der Waals surface area contributed by atoms with Crippen molar-refractivity contribution in [2.75, 3.05) is 18.0 Å². The lowest BCUT2D eigenvalue weighted by Crippen LogP contribution is -2.49. The number of hydrogen-bond acceptors (Lipinski definition) is 4. The maximum absolute atomic E-state index is 11.5. The number of aromatic nitrogens is 1. The first kappa shape index (κ1) is 13.8. The zero-order valence-electron chi connectivity index (χ0n) is 11.6. The van der Waals surface area contributed by atoms with E-state index in [9.17, 15) is 4.79 Å². The molecule has 5 nitrogen and oxygen atoms in total. The number of anilines is 1. The minimum Gasteiger partial charge on any atom is -0.356 e. The van der Waals surface area contributed by atoms with Crippen LogP contribution in [0.15, 0.2) is 18.3 Å². The van der Waals surface area contributed by atoms with Crippen LogP contribution in [0, 0.1) is 6.92 Å². The van der Waals surface area contributed by atoms with Gasteiger partial charge in [-0.1, -0.05) is 6.07 Å². The monoisotopic (exact) mass is 262 g/mol. The van der Waals surface area contributed by atoms with Crippen LogP contribution in [-0.2, 0) is 4.79 Å². The van der Waals surface area contributed by atoms with Gasteiger partial charge in [-0.05, 0) is 38.3 Å². The topological polar surface area (TPSA) is 71.2 Å². The van der Waals surface area contributed by atoms with E-state index < -0.39 is 6.04 Å². The quantitative estimate of drug-likeness (QED) is 0.846. The summed E-state index contributed by atoms with van der Waals surface area (Å²) in [5.74, 6) is 0.953. The van der Waals surface area contributed by atoms with Crippen molar-refractivity contribution in [3.05, 3.63) is 23.9 Å². The summed E-state index contributed by atoms with van der Waals surface area (Å²) in [5, 5.41) is 2.99. The van der Waals surface area contributed by atoms with E-state index in [1.165, 1.54) is 5.56 Å². The van der Waals surface area contributed by atoms with Gasteiger partial charge in [0, 0.05) is 25.3 Å². The molecule has 0 aliphatic carbocycles. The maximum atomic E-state index is 11.5. The van der Waals surface area contributed by atoms with Gasteiger partial charge in [0.25, 0.3) is 0 Å². The SMILES string of the molecule is Cc1ccc(N2CCC(NC(=O)[C@@H](C)N)CC2)nc1. The van der Waals surface area contributed by atoms with Gasteiger partial charge in [0.1, 0.15) is 5.82 Å². The number of pyridine rings is 1. The number of nitrogens with one attached hydrogen (secondary N) is 1. The predicted octanol–water partition coefficient (Wildman–Crippen LogP) is 0.822. The van der Waals surface area contributed by atoms with Crippen molar-refractivity contribution < 1.29 is 4.79 Å². The Hall–Kier alpha value is -1.62. The van der Waals surface area contributed by atoms with E-state index in [1.54, 1.807) is 6.92 Å². The van der Waals surface area contributed by atoms with Gasteiger partial charge in [-0.3, -0.25) is 4.79 Å². The number of carbonyl (C=O) groups is 1. The molecule has 1 aromatic heterocycles. The number of aryl methyl sites for hydroxylation is 1. The molecule has 0 bridgehead atoms. The molecular weight excluding hydrogens is 240 g/mol. The summed E-state index contributed by atoms with van der Waals surface area (Å²) in [6.45, 7) is 5.58. The molecule has 3 N–H and O–H groups in total. The van der Waals surface area contributed by atoms with Crippen LogP contribution in [0.2, 0.25) is 0 Å². The Kier molecular flexibility index (Phi) is 4.37. The van der Waals surface area contributed by atoms with Crippen molar-refractivity contribution in [1.82, 2.24) is 10.3 Å². The number of carbonyl (C=O) groups excluding carboxylic acids is 1. The molecule has 0 spiro atoms. The van der Waals surface area contributed by atoms with Crippen molar-refractivity contribution >= 4 is 11.7 Å². The molecule has 1 aromatic rings. The Labute approximate surface area is 114 Å². The van der Waals surface area contributed by atoms with Crippen molar-refractivity contribution in [3.8, 4) is 0 Å². The Bertz CT molecular complexity index is 422. The second kappa shape index (κ2) is 6.02. The second-order valence-electron chi connectivity index (χ2n) is 5.25. The van der Waals surface area contributed by atoms with Crippen LogP contribution in [-0.4, -0.2) is 36.1 Å². The van der Waals surface area contributed by atoms with Gasteiger partial charge in [-0.25, -0.2) is 4.98 Å². The fourth-order valence-electron chi connectivity index (χ4n) is 2.23. The van der Waals surface area contributed by atoms with Crippen molar-refractivity contribution in [1.29, 1.82) is 0 Å². The molecule has 1 aliphatic rings. The molecule has 1 amide bonds. The number of rotatable bonds is 3. The summed E-state index contributed by atoms with van der Waals surface area (Å²) in [6, 6.07) is 3.93. The predicted molar refractivity (Wildman–Crippen MR) is 76.0 cm³/mol. The first-order valence-electron chi connectivity index (χ1n) is 6.80. The zero-order chi connectivity index (χ0) is 13.8. The van der Waals surface area contributed by atoms with Crippen LogP contribution in [0.5, 0.6) is 0 Å². The molecule has 104 valence electrons. The van der Waals surface area contributed by atoms with E-state index in [2.05, 4.69) is 27.3 Å². The molecule has 0 saturated carbocycles. The lowest BCUT2D eigenvalue weighted by Gasteiger charge is -2.33. The van der Waals surface area contributed by atoms with Crippen LogP contribution in [0.1, 0.15) is 25.3 Å². The van der Waals surface area contributed by atoms with Crippen molar-refractivity contribution in [2.45, 2.75) is 38.8 Å². The van der Waals surface area contributed by atoms with Crippen molar-refractivity contribution in [3.63, 3.8) is 0 Å². The van der Waals surface area contributed by atoms with E-state index >= 15 is 0 Å². The van der Waals surface area contributed by atoms with E-state index in [1.807, 2.05) is 13.1 Å². The lowest BCUT2D eigenvalue weighted by molar-refractivity contribution is -0.122. The van der Waals surface area contributed by atoms with Crippen LogP contribution in [0.3, 0.4) is 0 Å². The third-order valence-electron chi connectivity index (χ3n) is 3.47. The summed E-state index contributed by atoms with van der Waals surface area (Å²) in [5.41, 5.74) is 6.72. The Balaban J connectivity index is 1.85. The van der Waals surface area contributed by atoms with E-state index in [4.69, 9.17) is 5.73 Å². The van der Waals surface area contributed by atoms with Crippen LogP contribution < -0.4 is 16.0 Å². The highest BCUT2D eigenvalue weighted by Crippen LogP contribution is 2.17. The highest BCUT2D eigenvalue weighted by molar-refractivity contribution is 5.81. The van der Waals surface area contributed by atoms with Gasteiger partial charge in [0.2, 0.25) is 5.91 Å². The van der Waals surface area contributed by atoms with Crippen LogP contribution >= 0.6 is 0 Å². The molecule has 1 fully saturated rings. The van der Waals surface area contributed by atoms with Crippen molar-refractivity contribution in [2.24, 2.45) is 5.73 Å². The van der Waals surface area contributed by atoms with Crippen LogP contribution in [0.25, 0.3) is 0 Å². The summed E-state index contributed by atoms with van der Waals surface area (Å²) < 4.78 is 0. The van der Waals surface area contributed by atoms with Gasteiger partial charge >= 0.3 is 0 Å². The minimum atomic E-state index is -0.434.